The van der Waals surface area contributed by atoms with E-state index in [2.05, 4.69) is 35.2 Å². The van der Waals surface area contributed by atoms with E-state index in [1.165, 1.54) is 18.4 Å². The molecule has 0 aliphatic heterocycles. The van der Waals surface area contributed by atoms with Gasteiger partial charge in [-0.3, -0.25) is 4.99 Å². The first-order chi connectivity index (χ1) is 9.19. The van der Waals surface area contributed by atoms with E-state index in [9.17, 15) is 0 Å². The first kappa shape index (κ1) is 19.5. The summed E-state index contributed by atoms with van der Waals surface area (Å²) in [6.45, 7) is 4.07. The third-order valence-corrected chi connectivity index (χ3v) is 3.42. The zero-order chi connectivity index (χ0) is 14.1. The molecule has 0 amide bonds. The molecule has 0 heterocycles. The van der Waals surface area contributed by atoms with Gasteiger partial charge >= 0.3 is 0 Å². The number of nitrogens with zero attached hydrogens (tertiary/aromatic N) is 2. The molecule has 1 rings (SSSR count). The highest BCUT2D eigenvalue weighted by Gasteiger charge is 2.05. The molecule has 5 heteroatoms. The van der Waals surface area contributed by atoms with Crippen LogP contribution in [0.5, 0.6) is 0 Å². The predicted octanol–water partition coefficient (Wildman–Crippen LogP) is 3.81. The summed E-state index contributed by atoms with van der Waals surface area (Å²) in [5.74, 6) is 0.945. The van der Waals surface area contributed by atoms with Gasteiger partial charge in [0.05, 0.1) is 0 Å². The average molecular weight is 410 g/mol. The molecule has 1 aromatic rings. The van der Waals surface area contributed by atoms with E-state index in [0.29, 0.717) is 0 Å². The fourth-order valence-electron chi connectivity index (χ4n) is 1.90. The smallest absolute Gasteiger partial charge is 0.193 e. The Bertz CT molecular complexity index is 410. The molecule has 3 nitrogen and oxygen atoms in total. The first-order valence-corrected chi connectivity index (χ1v) is 7.22. The maximum Gasteiger partial charge on any atom is 0.193 e. The van der Waals surface area contributed by atoms with Crippen molar-refractivity contribution in [3.05, 3.63) is 34.9 Å². The minimum Gasteiger partial charge on any atom is -0.356 e. The van der Waals surface area contributed by atoms with Gasteiger partial charge < -0.3 is 10.2 Å². The highest BCUT2D eigenvalue weighted by atomic mass is 127. The fourth-order valence-corrected chi connectivity index (χ4v) is 2.13. The minimum atomic E-state index is 0. The zero-order valence-corrected chi connectivity index (χ0v) is 15.6. The van der Waals surface area contributed by atoms with Gasteiger partial charge in [-0.1, -0.05) is 43.1 Å². The Hall–Kier alpha value is -0.490. The minimum absolute atomic E-state index is 0. The fraction of sp³-hybridized carbons (Fsp3) is 0.533. The second-order valence-corrected chi connectivity index (χ2v) is 5.00. The topological polar surface area (TPSA) is 27.6 Å². The summed E-state index contributed by atoms with van der Waals surface area (Å²) in [6, 6.07) is 7.97. The number of aliphatic imine (C=N–C) groups is 1. The van der Waals surface area contributed by atoms with Gasteiger partial charge in [-0.2, -0.15) is 0 Å². The molecule has 0 radical (unpaired) electrons. The van der Waals surface area contributed by atoms with Crippen LogP contribution in [0, 0.1) is 0 Å². The highest BCUT2D eigenvalue weighted by molar-refractivity contribution is 14.0. The lowest BCUT2D eigenvalue weighted by atomic mass is 10.1. The van der Waals surface area contributed by atoms with Crippen LogP contribution in [-0.4, -0.2) is 38.0 Å². The Morgan fingerprint density at radius 2 is 2.05 bits per heavy atom. The molecule has 1 N–H and O–H groups in total. The van der Waals surface area contributed by atoms with Crippen LogP contribution >= 0.6 is 35.6 Å². The molecule has 114 valence electrons. The van der Waals surface area contributed by atoms with E-state index in [1.54, 1.807) is 0 Å². The Balaban J connectivity index is 0.00000361. The number of rotatable bonds is 6. The van der Waals surface area contributed by atoms with Crippen molar-refractivity contribution in [2.75, 3.05) is 27.2 Å². The number of halogens is 2. The average Bonchev–Trinajstić information content (AvgIpc) is 2.43. The Kier molecular flexibility index (Phi) is 10.9. The van der Waals surface area contributed by atoms with Gasteiger partial charge in [0.1, 0.15) is 0 Å². The standard InChI is InChI=1S/C15H24ClN3.HI/c1-4-5-12-19(3)15(17-2)18-11-10-13-8-6-7-9-14(13)16;/h6-9H,4-5,10-12H2,1-3H3,(H,17,18);1H. The monoisotopic (exact) mass is 409 g/mol. The van der Waals surface area contributed by atoms with E-state index >= 15 is 0 Å². The molecular formula is C15H25ClIN3. The van der Waals surface area contributed by atoms with Crippen molar-refractivity contribution in [1.82, 2.24) is 10.2 Å². The van der Waals surface area contributed by atoms with Crippen LogP contribution in [0.3, 0.4) is 0 Å². The van der Waals surface area contributed by atoms with E-state index in [4.69, 9.17) is 11.6 Å². The van der Waals surface area contributed by atoms with Crippen molar-refractivity contribution in [2.45, 2.75) is 26.2 Å². The Labute approximate surface area is 144 Å². The summed E-state index contributed by atoms with van der Waals surface area (Å²) in [4.78, 5) is 6.46. The summed E-state index contributed by atoms with van der Waals surface area (Å²) >= 11 is 6.14. The van der Waals surface area contributed by atoms with Gasteiger partial charge in [-0.15, -0.1) is 24.0 Å². The molecule has 0 fully saturated rings. The molecule has 0 saturated carbocycles. The lowest BCUT2D eigenvalue weighted by molar-refractivity contribution is 0.465. The quantitative estimate of drug-likeness (QED) is 0.439. The van der Waals surface area contributed by atoms with Crippen molar-refractivity contribution in [3.63, 3.8) is 0 Å². The number of nitrogens with one attached hydrogen (secondary N) is 1. The maximum atomic E-state index is 6.14. The van der Waals surface area contributed by atoms with Gasteiger partial charge in [0.25, 0.3) is 0 Å². The van der Waals surface area contributed by atoms with Crippen LogP contribution in [0.25, 0.3) is 0 Å². The number of unbranched alkanes of at least 4 members (excludes halogenated alkanes) is 1. The van der Waals surface area contributed by atoms with Gasteiger partial charge in [-0.05, 0) is 24.5 Å². The summed E-state index contributed by atoms with van der Waals surface area (Å²) in [5.41, 5.74) is 1.17. The molecule has 0 saturated heterocycles. The summed E-state index contributed by atoms with van der Waals surface area (Å²) in [7, 11) is 3.89. The highest BCUT2D eigenvalue weighted by Crippen LogP contribution is 2.14. The third kappa shape index (κ3) is 6.79. The van der Waals surface area contributed by atoms with Crippen molar-refractivity contribution in [2.24, 2.45) is 4.99 Å². The van der Waals surface area contributed by atoms with E-state index in [1.807, 2.05) is 25.2 Å². The first-order valence-electron chi connectivity index (χ1n) is 6.84. The van der Waals surface area contributed by atoms with Crippen molar-refractivity contribution < 1.29 is 0 Å². The van der Waals surface area contributed by atoms with E-state index in [-0.39, 0.29) is 24.0 Å². The molecule has 1 aromatic carbocycles. The molecule has 0 bridgehead atoms. The molecule has 0 aliphatic rings. The molecule has 0 aliphatic carbocycles. The largest absolute Gasteiger partial charge is 0.356 e. The second-order valence-electron chi connectivity index (χ2n) is 4.59. The lowest BCUT2D eigenvalue weighted by Crippen LogP contribution is -2.40. The molecule has 0 aromatic heterocycles. The zero-order valence-electron chi connectivity index (χ0n) is 12.5. The number of guanidine groups is 1. The number of hydrogen-bond donors (Lipinski definition) is 1. The number of hydrogen-bond acceptors (Lipinski definition) is 1. The van der Waals surface area contributed by atoms with Crippen LogP contribution in [0.4, 0.5) is 0 Å². The van der Waals surface area contributed by atoms with Crippen molar-refractivity contribution in [3.8, 4) is 0 Å². The molecule has 0 unspecified atom stereocenters. The molecule has 0 atom stereocenters. The van der Waals surface area contributed by atoms with Crippen LogP contribution in [0.15, 0.2) is 29.3 Å². The summed E-state index contributed by atoms with van der Waals surface area (Å²) in [6.07, 6.45) is 3.28. The summed E-state index contributed by atoms with van der Waals surface area (Å²) < 4.78 is 0. The second kappa shape index (κ2) is 11.2. The van der Waals surface area contributed by atoms with Crippen molar-refractivity contribution >= 4 is 41.5 Å². The molecule has 0 spiro atoms. The third-order valence-electron chi connectivity index (χ3n) is 3.06. The Morgan fingerprint density at radius 3 is 2.65 bits per heavy atom. The van der Waals surface area contributed by atoms with Crippen LogP contribution in [-0.2, 0) is 6.42 Å². The Morgan fingerprint density at radius 1 is 1.35 bits per heavy atom. The van der Waals surface area contributed by atoms with E-state index in [0.717, 1.165) is 30.5 Å². The van der Waals surface area contributed by atoms with Gasteiger partial charge in [0, 0.05) is 32.2 Å². The number of benzene rings is 1. The molecule has 20 heavy (non-hydrogen) atoms. The van der Waals surface area contributed by atoms with Gasteiger partial charge in [0.15, 0.2) is 5.96 Å². The van der Waals surface area contributed by atoms with Crippen LogP contribution < -0.4 is 5.32 Å². The van der Waals surface area contributed by atoms with Gasteiger partial charge in [-0.25, -0.2) is 0 Å². The lowest BCUT2D eigenvalue weighted by Gasteiger charge is -2.21. The summed E-state index contributed by atoms with van der Waals surface area (Å²) in [5, 5.41) is 4.20. The maximum absolute atomic E-state index is 6.14. The SMILES string of the molecule is CCCCN(C)C(=NC)NCCc1ccccc1Cl.I. The van der Waals surface area contributed by atoms with Crippen LogP contribution in [0.2, 0.25) is 5.02 Å². The predicted molar refractivity (Wildman–Crippen MR) is 99.5 cm³/mol. The molecular weight excluding hydrogens is 385 g/mol. The van der Waals surface area contributed by atoms with Crippen molar-refractivity contribution in [1.29, 1.82) is 0 Å². The van der Waals surface area contributed by atoms with Gasteiger partial charge in [0.2, 0.25) is 0 Å². The van der Waals surface area contributed by atoms with E-state index < -0.39 is 0 Å². The normalized spacial score (nSPS) is 10.9. The van der Waals surface area contributed by atoms with Crippen LogP contribution in [0.1, 0.15) is 25.3 Å².